The number of nitrogens with one attached hydrogen (secondary N) is 1. The molecule has 9 heteroatoms. The molecule has 0 bridgehead atoms. The van der Waals surface area contributed by atoms with Gasteiger partial charge >= 0.3 is 0 Å². The summed E-state index contributed by atoms with van der Waals surface area (Å²) in [5.41, 5.74) is 0.915. The van der Waals surface area contributed by atoms with Gasteiger partial charge in [0.05, 0.1) is 5.75 Å². The molecule has 1 aromatic carbocycles. The van der Waals surface area contributed by atoms with E-state index < -0.39 is 0 Å². The van der Waals surface area contributed by atoms with Crippen molar-refractivity contribution in [2.24, 2.45) is 0 Å². The van der Waals surface area contributed by atoms with Gasteiger partial charge in [0.1, 0.15) is 0 Å². The first-order chi connectivity index (χ1) is 10.2. The van der Waals surface area contributed by atoms with Crippen molar-refractivity contribution < 1.29 is 4.52 Å². The number of hydrogen-bond donors (Lipinski definition) is 1. The van der Waals surface area contributed by atoms with Crippen LogP contribution in [0.3, 0.4) is 0 Å². The maximum Gasteiger partial charge on any atom is 0.237 e. The molecule has 2 heterocycles. The highest BCUT2D eigenvalue weighted by Crippen LogP contribution is 2.28. The van der Waals surface area contributed by atoms with Gasteiger partial charge in [0, 0.05) is 17.1 Å². The van der Waals surface area contributed by atoms with Gasteiger partial charge in [0.2, 0.25) is 16.8 Å². The predicted molar refractivity (Wildman–Crippen MR) is 86.5 cm³/mol. The topological polar surface area (TPSA) is 76.7 Å². The van der Waals surface area contributed by atoms with E-state index in [9.17, 15) is 0 Å². The normalized spacial score (nSPS) is 10.8. The number of hydrogen-bond acceptors (Lipinski definition) is 8. The maximum absolute atomic E-state index is 5.26. The molecule has 0 aliphatic rings. The zero-order chi connectivity index (χ0) is 14.7. The Hall–Kier alpha value is -1.45. The molecule has 0 saturated carbocycles. The molecule has 0 aliphatic heterocycles. The first-order valence-electron chi connectivity index (χ1n) is 5.97. The Kier molecular flexibility index (Phi) is 4.51. The third-order valence-corrected chi connectivity index (χ3v) is 5.04. The summed E-state index contributed by atoms with van der Waals surface area (Å²) in [5, 5.41) is 15.8. The highest BCUT2D eigenvalue weighted by Gasteiger charge is 2.11. The van der Waals surface area contributed by atoms with Crippen LogP contribution in [0.25, 0.3) is 11.4 Å². The molecule has 0 atom stereocenters. The molecule has 3 aromatic rings. The van der Waals surface area contributed by atoms with E-state index in [0.29, 0.717) is 17.5 Å². The summed E-state index contributed by atoms with van der Waals surface area (Å²) < 4.78 is 7.10. The highest BCUT2D eigenvalue weighted by atomic mass is 79.9. The first kappa shape index (κ1) is 14.5. The Labute approximate surface area is 137 Å². The maximum atomic E-state index is 5.26. The molecular weight excluding hydrogens is 374 g/mol. The van der Waals surface area contributed by atoms with E-state index >= 15 is 0 Å². The molecule has 0 spiro atoms. The quantitative estimate of drug-likeness (QED) is 0.673. The second-order valence-corrected chi connectivity index (χ2v) is 7.05. The van der Waals surface area contributed by atoms with Crippen LogP contribution in [-0.2, 0) is 5.75 Å². The minimum absolute atomic E-state index is 0.566. The second kappa shape index (κ2) is 6.54. The van der Waals surface area contributed by atoms with Gasteiger partial charge in [-0.1, -0.05) is 56.3 Å². The van der Waals surface area contributed by atoms with Gasteiger partial charge < -0.3 is 9.84 Å². The number of halogens is 1. The Morgan fingerprint density at radius 3 is 3.05 bits per heavy atom. The van der Waals surface area contributed by atoms with Crippen LogP contribution >= 0.6 is 39.0 Å². The lowest BCUT2D eigenvalue weighted by Gasteiger charge is -1.94. The van der Waals surface area contributed by atoms with Crippen LogP contribution in [0.15, 0.2) is 37.6 Å². The summed E-state index contributed by atoms with van der Waals surface area (Å²) in [6.45, 7) is 0. The van der Waals surface area contributed by atoms with E-state index in [0.717, 1.165) is 19.5 Å². The second-order valence-electron chi connectivity index (χ2n) is 3.93. The average molecular weight is 384 g/mol. The summed E-state index contributed by atoms with van der Waals surface area (Å²) >= 11 is 6.44. The average Bonchev–Trinajstić information content (AvgIpc) is 3.14. The lowest BCUT2D eigenvalue weighted by molar-refractivity contribution is 0.391. The molecular formula is C12H10BrN5OS2. The minimum atomic E-state index is 0.566. The molecule has 1 N–H and O–H groups in total. The standard InChI is InChI=1S/C12H10BrN5OS2/c1-14-11-16-17-12(21-11)20-6-9-15-10(18-19-9)7-3-2-4-8(13)5-7/h2-5H,6H2,1H3,(H,14,16). The fourth-order valence-corrected chi connectivity index (χ4v) is 3.49. The lowest BCUT2D eigenvalue weighted by Crippen LogP contribution is -1.84. The number of anilines is 1. The van der Waals surface area contributed by atoms with Crippen molar-refractivity contribution in [3.05, 3.63) is 34.6 Å². The van der Waals surface area contributed by atoms with Crippen LogP contribution in [0.1, 0.15) is 5.89 Å². The van der Waals surface area contributed by atoms with Gasteiger partial charge in [0.25, 0.3) is 0 Å². The van der Waals surface area contributed by atoms with Crippen molar-refractivity contribution in [2.45, 2.75) is 10.1 Å². The molecule has 3 rings (SSSR count). The zero-order valence-corrected chi connectivity index (χ0v) is 14.1. The molecule has 21 heavy (non-hydrogen) atoms. The largest absolute Gasteiger partial charge is 0.363 e. The van der Waals surface area contributed by atoms with Crippen LogP contribution in [0.5, 0.6) is 0 Å². The van der Waals surface area contributed by atoms with E-state index in [2.05, 4.69) is 41.6 Å². The van der Waals surface area contributed by atoms with Crippen molar-refractivity contribution in [1.29, 1.82) is 0 Å². The van der Waals surface area contributed by atoms with Crippen molar-refractivity contribution in [1.82, 2.24) is 20.3 Å². The molecule has 108 valence electrons. The fraction of sp³-hybridized carbons (Fsp3) is 0.167. The van der Waals surface area contributed by atoms with Gasteiger partial charge in [-0.3, -0.25) is 0 Å². The van der Waals surface area contributed by atoms with Gasteiger partial charge in [-0.05, 0) is 12.1 Å². The zero-order valence-electron chi connectivity index (χ0n) is 10.9. The van der Waals surface area contributed by atoms with E-state index in [1.54, 1.807) is 0 Å². The number of aromatic nitrogens is 4. The van der Waals surface area contributed by atoms with Gasteiger partial charge in [0.15, 0.2) is 4.34 Å². The molecule has 2 aromatic heterocycles. The van der Waals surface area contributed by atoms with Crippen LogP contribution < -0.4 is 5.32 Å². The monoisotopic (exact) mass is 383 g/mol. The molecule has 0 aliphatic carbocycles. The molecule has 0 fully saturated rings. The van der Waals surface area contributed by atoms with Crippen LogP contribution in [-0.4, -0.2) is 27.4 Å². The van der Waals surface area contributed by atoms with Crippen molar-refractivity contribution in [3.8, 4) is 11.4 Å². The van der Waals surface area contributed by atoms with Crippen molar-refractivity contribution in [2.75, 3.05) is 12.4 Å². The molecule has 0 unspecified atom stereocenters. The van der Waals surface area contributed by atoms with Crippen LogP contribution in [0, 0.1) is 0 Å². The number of benzene rings is 1. The van der Waals surface area contributed by atoms with Crippen molar-refractivity contribution in [3.63, 3.8) is 0 Å². The SMILES string of the molecule is CNc1nnc(SCc2nc(-c3cccc(Br)c3)no2)s1. The Balaban J connectivity index is 1.67. The number of thioether (sulfide) groups is 1. The smallest absolute Gasteiger partial charge is 0.237 e. The van der Waals surface area contributed by atoms with Gasteiger partial charge in [-0.15, -0.1) is 10.2 Å². The van der Waals surface area contributed by atoms with Gasteiger partial charge in [-0.25, -0.2) is 0 Å². The predicted octanol–water partition coefficient (Wildman–Crippen LogP) is 3.68. The highest BCUT2D eigenvalue weighted by molar-refractivity contribution is 9.10. The van der Waals surface area contributed by atoms with Crippen molar-refractivity contribution >= 4 is 44.2 Å². The number of rotatable bonds is 5. The van der Waals surface area contributed by atoms with E-state index in [1.807, 2.05) is 31.3 Å². The number of nitrogens with zero attached hydrogens (tertiary/aromatic N) is 4. The first-order valence-corrected chi connectivity index (χ1v) is 8.56. The van der Waals surface area contributed by atoms with Gasteiger partial charge in [-0.2, -0.15) is 4.98 Å². The Bertz CT molecular complexity index is 745. The summed E-state index contributed by atoms with van der Waals surface area (Å²) in [5.74, 6) is 1.72. The fourth-order valence-electron chi connectivity index (χ4n) is 1.55. The summed E-state index contributed by atoms with van der Waals surface area (Å²) in [6.07, 6.45) is 0. The molecule has 0 amide bonds. The molecule has 0 saturated heterocycles. The summed E-state index contributed by atoms with van der Waals surface area (Å²) in [4.78, 5) is 4.39. The third kappa shape index (κ3) is 3.60. The molecule has 0 radical (unpaired) electrons. The Morgan fingerprint density at radius 2 is 2.29 bits per heavy atom. The van der Waals surface area contributed by atoms with Crippen LogP contribution in [0.2, 0.25) is 0 Å². The van der Waals surface area contributed by atoms with E-state index in [-0.39, 0.29) is 0 Å². The van der Waals surface area contributed by atoms with E-state index in [4.69, 9.17) is 4.52 Å². The van der Waals surface area contributed by atoms with Crippen LogP contribution in [0.4, 0.5) is 5.13 Å². The van der Waals surface area contributed by atoms with E-state index in [1.165, 1.54) is 23.1 Å². The summed E-state index contributed by atoms with van der Waals surface area (Å²) in [7, 11) is 1.82. The lowest BCUT2D eigenvalue weighted by atomic mass is 10.2. The third-order valence-electron chi connectivity index (χ3n) is 2.49. The summed E-state index contributed by atoms with van der Waals surface area (Å²) in [6, 6.07) is 7.78. The Morgan fingerprint density at radius 1 is 1.38 bits per heavy atom. The molecule has 6 nitrogen and oxygen atoms in total. The minimum Gasteiger partial charge on any atom is -0.363 e.